The molecule has 4 heteroatoms. The third-order valence-electron chi connectivity index (χ3n) is 1.91. The fraction of sp³-hybridized carbons (Fsp3) is 0.667. The molecule has 0 fully saturated rings. The molecule has 1 aromatic heterocycles. The molecule has 0 saturated carbocycles. The van der Waals surface area contributed by atoms with E-state index in [0.29, 0.717) is 0 Å². The molecular formula is C9H18N4. The normalized spacial score (nSPS) is 10.5. The average molecular weight is 182 g/mol. The summed E-state index contributed by atoms with van der Waals surface area (Å²) in [6.45, 7) is 3.18. The maximum Gasteiger partial charge on any atom is 0.0490 e. The van der Waals surface area contributed by atoms with Gasteiger partial charge in [0, 0.05) is 24.9 Å². The van der Waals surface area contributed by atoms with Gasteiger partial charge < -0.3 is 10.6 Å². The third-order valence-corrected chi connectivity index (χ3v) is 1.91. The van der Waals surface area contributed by atoms with Gasteiger partial charge in [0.15, 0.2) is 0 Å². The van der Waals surface area contributed by atoms with Gasteiger partial charge in [-0.25, -0.2) is 0 Å². The molecule has 1 heterocycles. The first-order valence-electron chi connectivity index (χ1n) is 4.77. The maximum absolute atomic E-state index is 3.89. The smallest absolute Gasteiger partial charge is 0.0490 e. The Hall–Kier alpha value is -0.870. The first kappa shape index (κ1) is 10.2. The lowest BCUT2D eigenvalue weighted by Crippen LogP contribution is -2.22. The second kappa shape index (κ2) is 6.62. The van der Waals surface area contributed by atoms with Crippen molar-refractivity contribution >= 4 is 0 Å². The van der Waals surface area contributed by atoms with Gasteiger partial charge in [-0.1, -0.05) is 0 Å². The standard InChI is InChI=1S/C9H18N4/c1-10-5-2-6-11-7-3-9-4-8-12-13-9/h4,8,10-11H,2-3,5-7H2,1H3,(H,12,13). The van der Waals surface area contributed by atoms with Crippen LogP contribution in [0.4, 0.5) is 0 Å². The van der Waals surface area contributed by atoms with E-state index in [9.17, 15) is 0 Å². The van der Waals surface area contributed by atoms with Crippen LogP contribution in [0, 0.1) is 0 Å². The van der Waals surface area contributed by atoms with Gasteiger partial charge in [0.2, 0.25) is 0 Å². The predicted molar refractivity (Wildman–Crippen MR) is 53.7 cm³/mol. The Morgan fingerprint density at radius 1 is 1.38 bits per heavy atom. The molecule has 0 aliphatic carbocycles. The fourth-order valence-corrected chi connectivity index (χ4v) is 1.16. The zero-order valence-corrected chi connectivity index (χ0v) is 8.14. The van der Waals surface area contributed by atoms with Gasteiger partial charge >= 0.3 is 0 Å². The van der Waals surface area contributed by atoms with Crippen molar-refractivity contribution in [2.45, 2.75) is 12.8 Å². The van der Waals surface area contributed by atoms with Gasteiger partial charge in [-0.15, -0.1) is 0 Å². The summed E-state index contributed by atoms with van der Waals surface area (Å²) in [6.07, 6.45) is 4.00. The minimum Gasteiger partial charge on any atom is -0.320 e. The van der Waals surface area contributed by atoms with E-state index in [2.05, 4.69) is 20.8 Å². The van der Waals surface area contributed by atoms with E-state index in [1.54, 1.807) is 6.20 Å². The molecule has 0 aliphatic heterocycles. The van der Waals surface area contributed by atoms with Gasteiger partial charge in [-0.2, -0.15) is 5.10 Å². The Labute approximate surface area is 79.1 Å². The lowest BCUT2D eigenvalue weighted by atomic mass is 10.3. The van der Waals surface area contributed by atoms with Crippen molar-refractivity contribution in [3.05, 3.63) is 18.0 Å². The van der Waals surface area contributed by atoms with Gasteiger partial charge in [-0.3, -0.25) is 5.10 Å². The molecule has 0 aliphatic rings. The lowest BCUT2D eigenvalue weighted by molar-refractivity contribution is 0.621. The molecule has 0 radical (unpaired) electrons. The summed E-state index contributed by atoms with van der Waals surface area (Å²) in [5.74, 6) is 0. The Morgan fingerprint density at radius 3 is 3.00 bits per heavy atom. The highest BCUT2D eigenvalue weighted by molar-refractivity contribution is 4.97. The Bertz CT molecular complexity index is 195. The van der Waals surface area contributed by atoms with Crippen LogP contribution in [0.5, 0.6) is 0 Å². The minimum atomic E-state index is 1.02. The van der Waals surface area contributed by atoms with Crippen LogP contribution in [-0.4, -0.2) is 36.9 Å². The zero-order chi connectivity index (χ0) is 9.36. The van der Waals surface area contributed by atoms with Crippen LogP contribution < -0.4 is 10.6 Å². The highest BCUT2D eigenvalue weighted by atomic mass is 15.1. The Morgan fingerprint density at radius 2 is 2.31 bits per heavy atom. The van der Waals surface area contributed by atoms with Crippen molar-refractivity contribution in [1.29, 1.82) is 0 Å². The second-order valence-electron chi connectivity index (χ2n) is 3.04. The fourth-order valence-electron chi connectivity index (χ4n) is 1.16. The molecule has 0 saturated heterocycles. The summed E-state index contributed by atoms with van der Waals surface area (Å²) in [5.41, 5.74) is 1.20. The number of hydrogen-bond acceptors (Lipinski definition) is 3. The summed E-state index contributed by atoms with van der Waals surface area (Å²) in [5, 5.41) is 13.3. The van der Waals surface area contributed by atoms with E-state index < -0.39 is 0 Å². The van der Waals surface area contributed by atoms with Gasteiger partial charge in [0.05, 0.1) is 0 Å². The average Bonchev–Trinajstić information content (AvgIpc) is 2.63. The quantitative estimate of drug-likeness (QED) is 0.526. The van der Waals surface area contributed by atoms with E-state index in [0.717, 1.165) is 26.1 Å². The number of nitrogens with one attached hydrogen (secondary N) is 3. The van der Waals surface area contributed by atoms with Crippen LogP contribution in [0.3, 0.4) is 0 Å². The first-order valence-corrected chi connectivity index (χ1v) is 4.77. The van der Waals surface area contributed by atoms with Gasteiger partial charge in [0.25, 0.3) is 0 Å². The van der Waals surface area contributed by atoms with Crippen molar-refractivity contribution in [1.82, 2.24) is 20.8 Å². The molecular weight excluding hydrogens is 164 g/mol. The topological polar surface area (TPSA) is 52.7 Å². The van der Waals surface area contributed by atoms with Gasteiger partial charge in [-0.05, 0) is 32.6 Å². The molecule has 0 aromatic carbocycles. The van der Waals surface area contributed by atoms with Crippen molar-refractivity contribution in [2.24, 2.45) is 0 Å². The largest absolute Gasteiger partial charge is 0.320 e. The molecule has 13 heavy (non-hydrogen) atoms. The number of nitrogens with zero attached hydrogens (tertiary/aromatic N) is 1. The molecule has 0 bridgehead atoms. The van der Waals surface area contributed by atoms with Crippen LogP contribution in [-0.2, 0) is 6.42 Å². The van der Waals surface area contributed by atoms with Crippen molar-refractivity contribution in [2.75, 3.05) is 26.7 Å². The molecule has 3 N–H and O–H groups in total. The molecule has 4 nitrogen and oxygen atoms in total. The minimum absolute atomic E-state index is 1.02. The number of H-pyrrole nitrogens is 1. The van der Waals surface area contributed by atoms with Crippen molar-refractivity contribution in [3.63, 3.8) is 0 Å². The summed E-state index contributed by atoms with van der Waals surface area (Å²) in [6, 6.07) is 2.01. The Kier molecular flexibility index (Phi) is 5.20. The third kappa shape index (κ3) is 4.65. The van der Waals surface area contributed by atoms with Gasteiger partial charge in [0.1, 0.15) is 0 Å². The monoisotopic (exact) mass is 182 g/mol. The molecule has 1 rings (SSSR count). The molecule has 74 valence electrons. The van der Waals surface area contributed by atoms with Crippen LogP contribution in [0.25, 0.3) is 0 Å². The summed E-state index contributed by atoms with van der Waals surface area (Å²) in [4.78, 5) is 0. The van der Waals surface area contributed by atoms with E-state index >= 15 is 0 Å². The number of aromatic nitrogens is 2. The Balaban J connectivity index is 1.90. The van der Waals surface area contributed by atoms with Crippen LogP contribution in [0.2, 0.25) is 0 Å². The van der Waals surface area contributed by atoms with E-state index in [-0.39, 0.29) is 0 Å². The molecule has 0 atom stereocenters. The summed E-state index contributed by atoms with van der Waals surface area (Å²) >= 11 is 0. The SMILES string of the molecule is CNCCCNCCc1ccn[nH]1. The number of rotatable bonds is 7. The second-order valence-corrected chi connectivity index (χ2v) is 3.04. The van der Waals surface area contributed by atoms with E-state index in [1.807, 2.05) is 13.1 Å². The van der Waals surface area contributed by atoms with Crippen LogP contribution in [0.15, 0.2) is 12.3 Å². The zero-order valence-electron chi connectivity index (χ0n) is 8.14. The van der Waals surface area contributed by atoms with E-state index in [4.69, 9.17) is 0 Å². The maximum atomic E-state index is 3.89. The first-order chi connectivity index (χ1) is 6.43. The molecule has 0 unspecified atom stereocenters. The van der Waals surface area contributed by atoms with Crippen LogP contribution >= 0.6 is 0 Å². The highest BCUT2D eigenvalue weighted by Crippen LogP contribution is 1.90. The van der Waals surface area contributed by atoms with Crippen molar-refractivity contribution < 1.29 is 0 Å². The summed E-state index contributed by atoms with van der Waals surface area (Å²) in [7, 11) is 1.98. The summed E-state index contributed by atoms with van der Waals surface area (Å²) < 4.78 is 0. The molecule has 0 amide bonds. The number of hydrogen-bond donors (Lipinski definition) is 3. The van der Waals surface area contributed by atoms with E-state index in [1.165, 1.54) is 12.1 Å². The molecule has 0 spiro atoms. The predicted octanol–water partition coefficient (Wildman–Crippen LogP) is 0.151. The molecule has 1 aromatic rings. The number of aromatic amines is 1. The van der Waals surface area contributed by atoms with Crippen molar-refractivity contribution in [3.8, 4) is 0 Å². The van der Waals surface area contributed by atoms with Crippen LogP contribution in [0.1, 0.15) is 12.1 Å². The lowest BCUT2D eigenvalue weighted by Gasteiger charge is -2.02. The highest BCUT2D eigenvalue weighted by Gasteiger charge is 1.92.